The van der Waals surface area contributed by atoms with Crippen molar-refractivity contribution in [3.63, 3.8) is 0 Å². The summed E-state index contributed by atoms with van der Waals surface area (Å²) >= 11 is -2.45. The van der Waals surface area contributed by atoms with E-state index >= 15 is 0 Å². The van der Waals surface area contributed by atoms with E-state index in [0.717, 1.165) is 4.31 Å². The van der Waals surface area contributed by atoms with E-state index in [2.05, 4.69) is 12.0 Å². The van der Waals surface area contributed by atoms with Gasteiger partial charge in [0.25, 0.3) is 11.3 Å². The summed E-state index contributed by atoms with van der Waals surface area (Å²) < 4.78 is 42.6. The summed E-state index contributed by atoms with van der Waals surface area (Å²) in [4.78, 5) is 12.2. The Labute approximate surface area is 170 Å². The van der Waals surface area contributed by atoms with E-state index in [9.17, 15) is 17.9 Å². The van der Waals surface area contributed by atoms with Crippen LogP contribution >= 0.6 is 0 Å². The topological polar surface area (TPSA) is 71.8 Å². The first-order chi connectivity index (χ1) is 14.0. The Bertz CT molecular complexity index is 1100. The Morgan fingerprint density at radius 3 is 2.55 bits per heavy atom. The number of aromatic nitrogens is 1. The fourth-order valence-electron chi connectivity index (χ4n) is 2.72. The van der Waals surface area contributed by atoms with Gasteiger partial charge >= 0.3 is 5.97 Å². The van der Waals surface area contributed by atoms with Gasteiger partial charge in [-0.3, -0.25) is 4.55 Å². The molecule has 0 fully saturated rings. The Hall–Kier alpha value is -3.41. The van der Waals surface area contributed by atoms with Gasteiger partial charge in [-0.2, -0.15) is 0 Å². The van der Waals surface area contributed by atoms with Gasteiger partial charge in [0.2, 0.25) is 0 Å². The van der Waals surface area contributed by atoms with E-state index in [0.29, 0.717) is 16.8 Å². The van der Waals surface area contributed by atoms with Gasteiger partial charge in [-0.05, 0) is 36.3 Å². The van der Waals surface area contributed by atoms with E-state index in [-0.39, 0.29) is 12.1 Å². The lowest BCUT2D eigenvalue weighted by atomic mass is 10.1. The molecule has 0 amide bonds. The molecule has 29 heavy (non-hydrogen) atoms. The molecule has 2 aromatic carbocycles. The Balaban J connectivity index is 2.03. The molecule has 3 aromatic rings. The second-order valence-electron chi connectivity index (χ2n) is 5.88. The maximum Gasteiger partial charge on any atom is 0.340 e. The largest absolute Gasteiger partial charge is 0.465 e. The maximum atomic E-state index is 13.9. The fraction of sp³-hybridized carbons (Fsp3) is 0.0952. The van der Waals surface area contributed by atoms with Crippen molar-refractivity contribution in [2.75, 3.05) is 7.11 Å². The molecule has 0 spiro atoms. The summed E-state index contributed by atoms with van der Waals surface area (Å²) in [6.07, 6.45) is 3.49. The van der Waals surface area contributed by atoms with Crippen LogP contribution in [0.3, 0.4) is 0 Å². The number of benzene rings is 2. The highest BCUT2D eigenvalue weighted by molar-refractivity contribution is 7.76. The van der Waals surface area contributed by atoms with Crippen molar-refractivity contribution >= 4 is 17.2 Å². The van der Waals surface area contributed by atoms with Crippen molar-refractivity contribution in [3.8, 4) is 17.7 Å². The van der Waals surface area contributed by atoms with E-state index in [1.54, 1.807) is 53.4 Å². The van der Waals surface area contributed by atoms with Crippen molar-refractivity contribution in [2.45, 2.75) is 6.54 Å². The first-order valence-electron chi connectivity index (χ1n) is 8.49. The zero-order valence-corrected chi connectivity index (χ0v) is 16.2. The summed E-state index contributed by atoms with van der Waals surface area (Å²) in [6, 6.07) is 17.1. The number of nitrogens with zero attached hydrogens (tertiary/aromatic N) is 2. The van der Waals surface area contributed by atoms with Gasteiger partial charge in [-0.25, -0.2) is 17.7 Å². The molecule has 0 saturated heterocycles. The summed E-state index contributed by atoms with van der Waals surface area (Å²) in [5.74, 6) is 1.78. The highest BCUT2D eigenvalue weighted by Crippen LogP contribution is 2.21. The lowest BCUT2D eigenvalue weighted by molar-refractivity contribution is 0.0600. The summed E-state index contributed by atoms with van der Waals surface area (Å²) in [6.45, 7) is -0.182. The first-order valence-corrected chi connectivity index (χ1v) is 9.56. The molecule has 0 aliphatic rings. The molecular formula is C21H17FN2O4S. The summed E-state index contributed by atoms with van der Waals surface area (Å²) in [7, 11) is 1.28. The van der Waals surface area contributed by atoms with Crippen LogP contribution in [-0.2, 0) is 22.5 Å². The van der Waals surface area contributed by atoms with Crippen molar-refractivity contribution in [1.29, 1.82) is 0 Å². The van der Waals surface area contributed by atoms with Gasteiger partial charge < -0.3 is 9.30 Å². The third-order valence-corrected chi connectivity index (χ3v) is 4.68. The lowest BCUT2D eigenvalue weighted by Gasteiger charge is -2.14. The van der Waals surface area contributed by atoms with Crippen LogP contribution in [0.4, 0.5) is 4.39 Å². The minimum Gasteiger partial charge on any atom is -0.465 e. The SMILES string of the molecule is COC(=O)c1cccc(C#CN(Cc2ccccc2F)S(=O)O)c1-n1cccc1. The molecule has 8 heteroatoms. The molecule has 0 aliphatic carbocycles. The molecule has 1 aromatic heterocycles. The summed E-state index contributed by atoms with van der Waals surface area (Å²) in [5, 5.41) is 0. The summed E-state index contributed by atoms with van der Waals surface area (Å²) in [5.41, 5.74) is 1.44. The third-order valence-electron chi connectivity index (χ3n) is 4.08. The smallest absolute Gasteiger partial charge is 0.340 e. The predicted molar refractivity (Wildman–Crippen MR) is 107 cm³/mol. The number of hydrogen-bond acceptors (Lipinski definition) is 3. The zero-order valence-electron chi connectivity index (χ0n) is 15.4. The standard InChI is InChI=1S/C21H17FN2O4S/c1-28-21(25)18-9-6-8-16(20(18)23-12-4-5-13-23)11-14-24(29(26)27)15-17-7-2-3-10-19(17)22/h2-10,12-13H,15H2,1H3,(H,26,27). The monoisotopic (exact) mass is 412 g/mol. The zero-order chi connectivity index (χ0) is 20.8. The van der Waals surface area contributed by atoms with Crippen molar-refractivity contribution < 1.29 is 22.7 Å². The third kappa shape index (κ3) is 4.71. The normalized spacial score (nSPS) is 11.3. The number of ether oxygens (including phenoxy) is 1. The maximum absolute atomic E-state index is 13.9. The van der Waals surface area contributed by atoms with Crippen LogP contribution < -0.4 is 0 Å². The number of hydrogen-bond donors (Lipinski definition) is 1. The fourth-order valence-corrected chi connectivity index (χ4v) is 3.09. The van der Waals surface area contributed by atoms with E-state index in [1.807, 2.05) is 0 Å². The minimum absolute atomic E-state index is 0.182. The number of para-hydroxylation sites is 1. The van der Waals surface area contributed by atoms with E-state index in [4.69, 9.17) is 4.74 Å². The lowest BCUT2D eigenvalue weighted by Crippen LogP contribution is -2.20. The van der Waals surface area contributed by atoms with Gasteiger partial charge in [-0.1, -0.05) is 24.3 Å². The van der Waals surface area contributed by atoms with Crippen LogP contribution in [0.1, 0.15) is 21.5 Å². The van der Waals surface area contributed by atoms with Crippen LogP contribution in [-0.4, -0.2) is 30.7 Å². The Morgan fingerprint density at radius 2 is 1.90 bits per heavy atom. The van der Waals surface area contributed by atoms with Gasteiger partial charge in [-0.15, -0.1) is 0 Å². The molecule has 1 heterocycles. The van der Waals surface area contributed by atoms with Crippen LogP contribution in [0.2, 0.25) is 0 Å². The van der Waals surface area contributed by atoms with Gasteiger partial charge in [0.1, 0.15) is 5.82 Å². The van der Waals surface area contributed by atoms with E-state index < -0.39 is 23.1 Å². The number of carbonyl (C=O) groups is 1. The number of rotatable bonds is 5. The van der Waals surface area contributed by atoms with Crippen LogP contribution in [0.25, 0.3) is 5.69 Å². The van der Waals surface area contributed by atoms with Gasteiger partial charge in [0.05, 0.1) is 30.5 Å². The molecule has 1 atom stereocenters. The molecule has 0 radical (unpaired) electrons. The second-order valence-corrected chi connectivity index (χ2v) is 6.78. The molecule has 6 nitrogen and oxygen atoms in total. The quantitative estimate of drug-likeness (QED) is 0.302. The average Bonchev–Trinajstić information content (AvgIpc) is 3.25. The average molecular weight is 412 g/mol. The van der Waals surface area contributed by atoms with E-state index in [1.165, 1.54) is 25.3 Å². The first kappa shape index (κ1) is 20.3. The van der Waals surface area contributed by atoms with Gasteiger partial charge in [0.15, 0.2) is 0 Å². The number of esters is 1. The van der Waals surface area contributed by atoms with Crippen molar-refractivity contribution in [1.82, 2.24) is 8.87 Å². The van der Waals surface area contributed by atoms with Gasteiger partial charge in [0, 0.05) is 24.0 Å². The molecular weight excluding hydrogens is 395 g/mol. The molecule has 0 aliphatic heterocycles. The Morgan fingerprint density at radius 1 is 1.17 bits per heavy atom. The van der Waals surface area contributed by atoms with Crippen molar-refractivity contribution in [3.05, 3.63) is 89.5 Å². The van der Waals surface area contributed by atoms with Crippen LogP contribution in [0.5, 0.6) is 0 Å². The number of methoxy groups -OCH3 is 1. The molecule has 148 valence electrons. The van der Waals surface area contributed by atoms with Crippen LogP contribution in [0, 0.1) is 17.8 Å². The minimum atomic E-state index is -2.45. The second kappa shape index (κ2) is 9.19. The Kier molecular flexibility index (Phi) is 6.44. The molecule has 0 bridgehead atoms. The number of halogens is 1. The molecule has 3 rings (SSSR count). The molecule has 0 saturated carbocycles. The highest BCUT2D eigenvalue weighted by Gasteiger charge is 2.16. The highest BCUT2D eigenvalue weighted by atomic mass is 32.2. The predicted octanol–water partition coefficient (Wildman–Crippen LogP) is 3.35. The van der Waals surface area contributed by atoms with Crippen molar-refractivity contribution in [2.24, 2.45) is 0 Å². The van der Waals surface area contributed by atoms with Crippen LogP contribution in [0.15, 0.2) is 67.0 Å². The molecule has 1 N–H and O–H groups in total. The molecule has 1 unspecified atom stereocenters. The number of carbonyl (C=O) groups excluding carboxylic acids is 1.